The number of para-hydroxylation sites is 1. The number of nitrogens with zero attached hydrogens (tertiary/aromatic N) is 2. The Kier molecular flexibility index (Phi) is 5.50. The molecule has 2 aromatic carbocycles. The first-order valence-electron chi connectivity index (χ1n) is 11.1. The van der Waals surface area contributed by atoms with Gasteiger partial charge in [-0.2, -0.15) is 8.42 Å². The van der Waals surface area contributed by atoms with Crippen LogP contribution in [0.1, 0.15) is 42.7 Å². The smallest absolute Gasteiger partial charge is 0.359 e. The molecule has 0 bridgehead atoms. The van der Waals surface area contributed by atoms with Crippen LogP contribution in [0.15, 0.2) is 54.7 Å². The van der Waals surface area contributed by atoms with E-state index in [1.807, 2.05) is 30.3 Å². The lowest BCUT2D eigenvalue weighted by atomic mass is 9.85. The SMILES string of the molecule is O=S(=O)(O)N(CC1CCC1)c1ccc(C2CCN(Cc3c[nH]c4ccccc34)C2)cc1. The first kappa shape index (κ1) is 20.5. The van der Waals surface area contributed by atoms with Crippen molar-refractivity contribution in [1.82, 2.24) is 9.88 Å². The first-order chi connectivity index (χ1) is 15.0. The van der Waals surface area contributed by atoms with E-state index in [0.29, 0.717) is 24.1 Å². The van der Waals surface area contributed by atoms with Gasteiger partial charge in [0.15, 0.2) is 0 Å². The highest BCUT2D eigenvalue weighted by atomic mass is 32.2. The van der Waals surface area contributed by atoms with Crippen molar-refractivity contribution >= 4 is 26.9 Å². The molecule has 2 N–H and O–H groups in total. The number of anilines is 1. The van der Waals surface area contributed by atoms with Crippen LogP contribution >= 0.6 is 0 Å². The molecule has 7 heteroatoms. The van der Waals surface area contributed by atoms with Crippen LogP contribution in [-0.2, 0) is 16.8 Å². The van der Waals surface area contributed by atoms with Crippen molar-refractivity contribution in [2.24, 2.45) is 5.92 Å². The number of aromatic nitrogens is 1. The molecule has 164 valence electrons. The van der Waals surface area contributed by atoms with Crippen LogP contribution in [0, 0.1) is 5.92 Å². The van der Waals surface area contributed by atoms with Crippen molar-refractivity contribution in [3.8, 4) is 0 Å². The normalized spacial score (nSPS) is 20.2. The summed E-state index contributed by atoms with van der Waals surface area (Å²) in [4.78, 5) is 5.84. The summed E-state index contributed by atoms with van der Waals surface area (Å²) >= 11 is 0. The van der Waals surface area contributed by atoms with Crippen molar-refractivity contribution in [3.63, 3.8) is 0 Å². The van der Waals surface area contributed by atoms with E-state index in [9.17, 15) is 13.0 Å². The second kappa shape index (κ2) is 8.30. The summed E-state index contributed by atoms with van der Waals surface area (Å²) in [6, 6.07) is 16.1. The van der Waals surface area contributed by atoms with Gasteiger partial charge in [-0.25, -0.2) is 4.31 Å². The van der Waals surface area contributed by atoms with E-state index in [1.165, 1.54) is 22.0 Å². The Bertz CT molecular complexity index is 1150. The van der Waals surface area contributed by atoms with Crippen LogP contribution in [0.4, 0.5) is 5.69 Å². The molecular weight excluding hydrogens is 410 g/mol. The summed E-state index contributed by atoms with van der Waals surface area (Å²) < 4.78 is 34.7. The number of fused-ring (bicyclic) bond motifs is 1. The van der Waals surface area contributed by atoms with Crippen molar-refractivity contribution in [3.05, 3.63) is 65.9 Å². The van der Waals surface area contributed by atoms with E-state index in [2.05, 4.69) is 34.3 Å². The Balaban J connectivity index is 1.26. The Labute approximate surface area is 183 Å². The number of benzene rings is 2. The van der Waals surface area contributed by atoms with E-state index in [4.69, 9.17) is 0 Å². The summed E-state index contributed by atoms with van der Waals surface area (Å²) in [6.45, 7) is 3.32. The molecule has 2 fully saturated rings. The fraction of sp³-hybridized carbons (Fsp3) is 0.417. The van der Waals surface area contributed by atoms with Gasteiger partial charge < -0.3 is 4.98 Å². The lowest BCUT2D eigenvalue weighted by Crippen LogP contribution is -2.37. The highest BCUT2D eigenvalue weighted by Gasteiger charge is 2.28. The van der Waals surface area contributed by atoms with Gasteiger partial charge in [0.1, 0.15) is 0 Å². The summed E-state index contributed by atoms with van der Waals surface area (Å²) in [7, 11) is -4.25. The number of hydrogen-bond acceptors (Lipinski definition) is 3. The summed E-state index contributed by atoms with van der Waals surface area (Å²) in [5.41, 5.74) is 4.27. The second-order valence-corrected chi connectivity index (χ2v) is 10.3. The average molecular weight is 440 g/mol. The van der Waals surface area contributed by atoms with Crippen molar-refractivity contribution < 1.29 is 13.0 Å². The third-order valence-corrected chi connectivity index (χ3v) is 7.84. The van der Waals surface area contributed by atoms with Crippen LogP contribution in [0.2, 0.25) is 0 Å². The number of rotatable bonds is 7. The minimum atomic E-state index is -4.25. The molecule has 31 heavy (non-hydrogen) atoms. The summed E-state index contributed by atoms with van der Waals surface area (Å²) in [5.74, 6) is 0.777. The predicted octanol–water partition coefficient (Wildman–Crippen LogP) is 4.57. The maximum Gasteiger partial charge on any atom is 0.359 e. The van der Waals surface area contributed by atoms with Crippen LogP contribution < -0.4 is 4.31 Å². The topological polar surface area (TPSA) is 76.6 Å². The number of hydrogen-bond donors (Lipinski definition) is 2. The van der Waals surface area contributed by atoms with Gasteiger partial charge in [0, 0.05) is 36.7 Å². The molecule has 5 rings (SSSR count). The quantitative estimate of drug-likeness (QED) is 0.529. The average Bonchev–Trinajstić information content (AvgIpc) is 3.34. The van der Waals surface area contributed by atoms with Gasteiger partial charge in [-0.1, -0.05) is 36.8 Å². The van der Waals surface area contributed by atoms with Gasteiger partial charge in [-0.05, 0) is 67.0 Å². The Morgan fingerprint density at radius 2 is 1.84 bits per heavy atom. The van der Waals surface area contributed by atoms with E-state index >= 15 is 0 Å². The second-order valence-electron chi connectivity index (χ2n) is 8.98. The number of nitrogens with one attached hydrogen (secondary N) is 1. The minimum Gasteiger partial charge on any atom is -0.361 e. The van der Waals surface area contributed by atoms with Crippen LogP contribution in [0.25, 0.3) is 10.9 Å². The molecule has 1 aliphatic carbocycles. The first-order valence-corrected chi connectivity index (χ1v) is 12.5. The molecule has 2 aliphatic rings. The van der Waals surface area contributed by atoms with Crippen molar-refractivity contribution in [2.75, 3.05) is 23.9 Å². The minimum absolute atomic E-state index is 0.342. The third-order valence-electron chi connectivity index (χ3n) is 6.92. The maximum absolute atomic E-state index is 11.9. The zero-order valence-corrected chi connectivity index (χ0v) is 18.4. The molecule has 1 aliphatic heterocycles. The van der Waals surface area contributed by atoms with Crippen molar-refractivity contribution in [2.45, 2.75) is 38.1 Å². The van der Waals surface area contributed by atoms with Crippen LogP contribution in [-0.4, -0.2) is 42.5 Å². The Morgan fingerprint density at radius 1 is 1.06 bits per heavy atom. The molecule has 1 atom stereocenters. The number of H-pyrrole nitrogens is 1. The summed E-state index contributed by atoms with van der Waals surface area (Å²) in [6.07, 6.45) is 6.39. The Morgan fingerprint density at radius 3 is 2.55 bits per heavy atom. The molecular formula is C24H29N3O3S. The molecule has 1 saturated carbocycles. The van der Waals surface area contributed by atoms with Gasteiger partial charge in [-0.3, -0.25) is 9.45 Å². The van der Waals surface area contributed by atoms with Crippen LogP contribution in [0.5, 0.6) is 0 Å². The predicted molar refractivity (Wildman–Crippen MR) is 124 cm³/mol. The monoisotopic (exact) mass is 439 g/mol. The van der Waals surface area contributed by atoms with Gasteiger partial charge in [-0.15, -0.1) is 0 Å². The number of likely N-dealkylation sites (tertiary alicyclic amines) is 1. The molecule has 1 saturated heterocycles. The highest BCUT2D eigenvalue weighted by Crippen LogP contribution is 2.33. The molecule has 0 spiro atoms. The van der Waals surface area contributed by atoms with Gasteiger partial charge in [0.05, 0.1) is 5.69 Å². The molecule has 3 aromatic rings. The maximum atomic E-state index is 11.9. The molecule has 1 aromatic heterocycles. The van der Waals surface area contributed by atoms with Gasteiger partial charge in [0.25, 0.3) is 0 Å². The van der Waals surface area contributed by atoms with Crippen LogP contribution in [0.3, 0.4) is 0 Å². The van der Waals surface area contributed by atoms with E-state index < -0.39 is 10.3 Å². The molecule has 1 unspecified atom stereocenters. The molecule has 0 amide bonds. The van der Waals surface area contributed by atoms with E-state index in [0.717, 1.165) is 49.6 Å². The van der Waals surface area contributed by atoms with Gasteiger partial charge in [0.2, 0.25) is 0 Å². The van der Waals surface area contributed by atoms with E-state index in [-0.39, 0.29) is 0 Å². The fourth-order valence-corrected chi connectivity index (χ4v) is 5.69. The zero-order chi connectivity index (χ0) is 21.4. The molecule has 0 radical (unpaired) electrons. The number of aromatic amines is 1. The molecule has 2 heterocycles. The molecule has 6 nitrogen and oxygen atoms in total. The zero-order valence-electron chi connectivity index (χ0n) is 17.6. The van der Waals surface area contributed by atoms with Gasteiger partial charge >= 0.3 is 10.3 Å². The largest absolute Gasteiger partial charge is 0.361 e. The Hall–Kier alpha value is -2.35. The standard InChI is InChI=1S/C24H29N3O3S/c28-31(29,30)27(15-18-4-3-5-18)22-10-8-19(9-11-22)20-12-13-26(16-20)17-21-14-25-24-7-2-1-6-23(21)24/h1-2,6-11,14,18,20,25H,3-5,12-13,15-17H2,(H,28,29,30). The fourth-order valence-electron chi connectivity index (χ4n) is 4.91. The third kappa shape index (κ3) is 4.35. The lowest BCUT2D eigenvalue weighted by molar-refractivity contribution is 0.323. The highest BCUT2D eigenvalue weighted by molar-refractivity contribution is 7.87. The van der Waals surface area contributed by atoms with E-state index in [1.54, 1.807) is 0 Å². The van der Waals surface area contributed by atoms with Crippen molar-refractivity contribution in [1.29, 1.82) is 0 Å². The lowest BCUT2D eigenvalue weighted by Gasteiger charge is -2.31. The summed E-state index contributed by atoms with van der Waals surface area (Å²) in [5, 5.41) is 1.28.